The molecule has 0 heterocycles. The van der Waals surface area contributed by atoms with Crippen LogP contribution in [0.5, 0.6) is 0 Å². The van der Waals surface area contributed by atoms with Gasteiger partial charge in [-0.25, -0.2) is 0 Å². The van der Waals surface area contributed by atoms with Gasteiger partial charge in [-0.05, 0) is 41.8 Å². The van der Waals surface area contributed by atoms with Gasteiger partial charge in [-0.1, -0.05) is 66.4 Å². The molecule has 2 atom stereocenters. The van der Waals surface area contributed by atoms with Gasteiger partial charge in [-0.3, -0.25) is 4.79 Å². The van der Waals surface area contributed by atoms with Crippen molar-refractivity contribution >= 4 is 58.5 Å². The highest BCUT2D eigenvalue weighted by atomic mass is 35.5. The number of hydrogen-bond acceptors (Lipinski definition) is 2. The lowest BCUT2D eigenvalue weighted by molar-refractivity contribution is -0.139. The van der Waals surface area contributed by atoms with Gasteiger partial charge in [0.2, 0.25) is 0 Å². The van der Waals surface area contributed by atoms with Gasteiger partial charge in [-0.15, -0.1) is 0 Å². The van der Waals surface area contributed by atoms with Crippen LogP contribution in [0, 0.1) is 0 Å². The minimum absolute atomic E-state index is 0.166. The van der Waals surface area contributed by atoms with E-state index < -0.39 is 58.8 Å². The summed E-state index contributed by atoms with van der Waals surface area (Å²) in [5.41, 5.74) is -2.95. The van der Waals surface area contributed by atoms with E-state index in [1.54, 1.807) is 6.92 Å². The minimum Gasteiger partial charge on any atom is -0.348 e. The first-order chi connectivity index (χ1) is 18.3. The van der Waals surface area contributed by atoms with Crippen molar-refractivity contribution in [3.8, 4) is 0 Å². The summed E-state index contributed by atoms with van der Waals surface area (Å²) in [5.74, 6) is -4.85. The highest BCUT2D eigenvalue weighted by molar-refractivity contribution is 7.99. The molecule has 222 valence electrons. The van der Waals surface area contributed by atoms with E-state index in [0.717, 1.165) is 30.3 Å². The summed E-state index contributed by atoms with van der Waals surface area (Å²) in [4.78, 5) is 12.7. The Hall–Kier alpha value is -1.76. The second-order valence-corrected chi connectivity index (χ2v) is 10.8. The average molecular weight is 661 g/mol. The third-order valence-electron chi connectivity index (χ3n) is 5.35. The van der Waals surface area contributed by atoms with Crippen molar-refractivity contribution in [2.75, 3.05) is 11.5 Å². The summed E-state index contributed by atoms with van der Waals surface area (Å²) in [7, 11) is 0. The molecule has 0 saturated heterocycles. The van der Waals surface area contributed by atoms with Crippen LogP contribution in [0.3, 0.4) is 0 Å². The van der Waals surface area contributed by atoms with Gasteiger partial charge in [0.1, 0.15) is 0 Å². The standard InChI is InChI=1S/C25H21Cl3F9NOS/c1-2-3-15(11-40-12-23(29,30)31)38-22(39)16-6-4-13(8-18(16)25(35,36)37)5-7-17(24(32,33)34)14-9-19(26)21(28)20(27)10-14/h4-10,15,17H,2-3,11-12H2,1H3,(H,38,39)/b7-5+/t15-,17?/m1/s1. The molecule has 0 aliphatic heterocycles. The Labute approximate surface area is 243 Å². The normalized spacial score (nSPS) is 14.4. The largest absolute Gasteiger partial charge is 0.417 e. The second kappa shape index (κ2) is 13.9. The van der Waals surface area contributed by atoms with Gasteiger partial charge < -0.3 is 5.32 Å². The molecule has 1 amide bonds. The Morgan fingerprint density at radius 1 is 0.975 bits per heavy atom. The average Bonchev–Trinajstić information content (AvgIpc) is 2.80. The third-order valence-corrected chi connectivity index (χ3v) is 7.72. The molecule has 0 radical (unpaired) electrons. The maximum atomic E-state index is 13.8. The van der Waals surface area contributed by atoms with Crippen LogP contribution < -0.4 is 5.32 Å². The van der Waals surface area contributed by atoms with Crippen molar-refractivity contribution in [1.82, 2.24) is 5.32 Å². The number of hydrogen-bond donors (Lipinski definition) is 1. The van der Waals surface area contributed by atoms with Gasteiger partial charge in [-0.2, -0.15) is 51.3 Å². The fourth-order valence-electron chi connectivity index (χ4n) is 3.59. The molecular weight excluding hydrogens is 640 g/mol. The lowest BCUT2D eigenvalue weighted by Crippen LogP contribution is -2.38. The van der Waals surface area contributed by atoms with E-state index in [2.05, 4.69) is 5.32 Å². The van der Waals surface area contributed by atoms with Gasteiger partial charge in [0, 0.05) is 11.8 Å². The smallest absolute Gasteiger partial charge is 0.348 e. The molecule has 0 saturated carbocycles. The number of carbonyl (C=O) groups excluding carboxylic acids is 1. The van der Waals surface area contributed by atoms with E-state index in [-0.39, 0.29) is 32.8 Å². The van der Waals surface area contributed by atoms with Crippen LogP contribution in [0.25, 0.3) is 6.08 Å². The number of halogens is 12. The molecule has 0 aliphatic rings. The number of amides is 1. The van der Waals surface area contributed by atoms with E-state index in [4.69, 9.17) is 34.8 Å². The summed E-state index contributed by atoms with van der Waals surface area (Å²) < 4.78 is 120. The van der Waals surface area contributed by atoms with Crippen LogP contribution in [0.15, 0.2) is 36.4 Å². The maximum Gasteiger partial charge on any atom is 0.417 e. The zero-order chi connectivity index (χ0) is 30.5. The van der Waals surface area contributed by atoms with Crippen molar-refractivity contribution in [3.63, 3.8) is 0 Å². The first kappa shape index (κ1) is 34.4. The molecule has 2 aromatic rings. The third kappa shape index (κ3) is 10.3. The van der Waals surface area contributed by atoms with Crippen LogP contribution in [0.2, 0.25) is 15.1 Å². The zero-order valence-corrected chi connectivity index (χ0v) is 23.5. The van der Waals surface area contributed by atoms with Crippen LogP contribution in [-0.4, -0.2) is 35.8 Å². The van der Waals surface area contributed by atoms with Crippen LogP contribution in [-0.2, 0) is 6.18 Å². The highest BCUT2D eigenvalue weighted by Gasteiger charge is 2.40. The summed E-state index contributed by atoms with van der Waals surface area (Å²) in [6.07, 6.45) is -12.3. The molecule has 0 aromatic heterocycles. The zero-order valence-electron chi connectivity index (χ0n) is 20.4. The van der Waals surface area contributed by atoms with E-state index in [1.165, 1.54) is 0 Å². The van der Waals surface area contributed by atoms with Crippen LogP contribution in [0.1, 0.15) is 52.7 Å². The van der Waals surface area contributed by atoms with E-state index in [1.807, 2.05) is 0 Å². The minimum atomic E-state index is -5.07. The van der Waals surface area contributed by atoms with E-state index >= 15 is 0 Å². The second-order valence-electron chi connectivity index (χ2n) is 8.57. The Bertz CT molecular complexity index is 1190. The van der Waals surface area contributed by atoms with E-state index in [9.17, 15) is 44.3 Å². The molecule has 1 N–H and O–H groups in total. The number of rotatable bonds is 10. The fraction of sp³-hybridized carbons (Fsp3) is 0.400. The van der Waals surface area contributed by atoms with Gasteiger partial charge in [0.15, 0.2) is 0 Å². The molecule has 15 heteroatoms. The Kier molecular flexibility index (Phi) is 12.0. The van der Waals surface area contributed by atoms with Crippen LogP contribution >= 0.6 is 46.6 Å². The van der Waals surface area contributed by atoms with E-state index in [0.29, 0.717) is 30.3 Å². The number of nitrogens with one attached hydrogen (secondary N) is 1. The van der Waals surface area contributed by atoms with Crippen molar-refractivity contribution in [3.05, 3.63) is 73.7 Å². The SMILES string of the molecule is CCC[C@H](CSCC(F)(F)F)NC(=O)c1ccc(/C=C/C(c2cc(Cl)c(Cl)c(Cl)c2)C(F)(F)F)cc1C(F)(F)F. The molecule has 0 fully saturated rings. The molecule has 2 aromatic carbocycles. The predicted molar refractivity (Wildman–Crippen MR) is 140 cm³/mol. The monoisotopic (exact) mass is 659 g/mol. The summed E-state index contributed by atoms with van der Waals surface area (Å²) in [6, 6.07) is 3.36. The summed E-state index contributed by atoms with van der Waals surface area (Å²) in [6.45, 7) is 1.69. The summed E-state index contributed by atoms with van der Waals surface area (Å²) in [5, 5.41) is 1.66. The summed E-state index contributed by atoms with van der Waals surface area (Å²) >= 11 is 17.9. The Morgan fingerprint density at radius 2 is 1.57 bits per heavy atom. The lowest BCUT2D eigenvalue weighted by Gasteiger charge is -2.20. The molecule has 1 unspecified atom stereocenters. The quantitative estimate of drug-likeness (QED) is 0.203. The van der Waals surface area contributed by atoms with Crippen molar-refractivity contribution < 1.29 is 44.3 Å². The number of carbonyl (C=O) groups is 1. The first-order valence-electron chi connectivity index (χ1n) is 11.4. The van der Waals surface area contributed by atoms with Gasteiger partial charge in [0.05, 0.1) is 37.9 Å². The number of thioether (sulfide) groups is 1. The highest BCUT2D eigenvalue weighted by Crippen LogP contribution is 2.41. The van der Waals surface area contributed by atoms with Crippen LogP contribution in [0.4, 0.5) is 39.5 Å². The lowest BCUT2D eigenvalue weighted by atomic mass is 9.96. The fourth-order valence-corrected chi connectivity index (χ4v) is 5.09. The van der Waals surface area contributed by atoms with Gasteiger partial charge >= 0.3 is 18.5 Å². The van der Waals surface area contributed by atoms with Crippen molar-refractivity contribution in [2.24, 2.45) is 0 Å². The molecule has 0 spiro atoms. The topological polar surface area (TPSA) is 29.1 Å². The van der Waals surface area contributed by atoms with Crippen molar-refractivity contribution in [2.45, 2.75) is 50.3 Å². The molecule has 2 nitrogen and oxygen atoms in total. The number of allylic oxidation sites excluding steroid dienone is 1. The predicted octanol–water partition coefficient (Wildman–Crippen LogP) is 10.2. The Balaban J connectivity index is 2.38. The molecule has 0 bridgehead atoms. The molecule has 2 rings (SSSR count). The number of alkyl halides is 9. The Morgan fingerprint density at radius 3 is 2.08 bits per heavy atom. The van der Waals surface area contributed by atoms with Gasteiger partial charge in [0.25, 0.3) is 5.91 Å². The maximum absolute atomic E-state index is 13.8. The number of benzene rings is 2. The van der Waals surface area contributed by atoms with Crippen molar-refractivity contribution in [1.29, 1.82) is 0 Å². The molecular formula is C25H21Cl3F9NOS. The molecule has 40 heavy (non-hydrogen) atoms. The first-order valence-corrected chi connectivity index (χ1v) is 13.7. The molecule has 0 aliphatic carbocycles.